The molecule has 0 unspecified atom stereocenters. The first-order chi connectivity index (χ1) is 7.81. The van der Waals surface area contributed by atoms with Gasteiger partial charge >= 0.3 is 8.74 Å². The molecule has 0 aromatic heterocycles. The highest BCUT2D eigenvalue weighted by molar-refractivity contribution is 6.65. The molecule has 0 aliphatic heterocycles. The van der Waals surface area contributed by atoms with Gasteiger partial charge in [0.25, 0.3) is 0 Å². The van der Waals surface area contributed by atoms with Crippen LogP contribution in [0.4, 0.5) is 8.22 Å². The zero-order chi connectivity index (χ0) is 13.1. The van der Waals surface area contributed by atoms with Gasteiger partial charge in [0.2, 0.25) is 5.91 Å². The number of hydrogen-bond acceptors (Lipinski definition) is 1. The summed E-state index contributed by atoms with van der Waals surface area (Å²) >= 11 is 0. The highest BCUT2D eigenvalue weighted by Gasteiger charge is 2.34. The first-order valence-electron chi connectivity index (χ1n) is 5.51. The van der Waals surface area contributed by atoms with E-state index in [1.807, 2.05) is 30.3 Å². The topological polar surface area (TPSA) is 20.3 Å². The average Bonchev–Trinajstić information content (AvgIpc) is 2.25. The molecule has 17 heavy (non-hydrogen) atoms. The van der Waals surface area contributed by atoms with Crippen LogP contribution in [0.1, 0.15) is 25.5 Å². The van der Waals surface area contributed by atoms with Gasteiger partial charge in [0.05, 0.1) is 12.2 Å². The predicted octanol–water partition coefficient (Wildman–Crippen LogP) is 3.15. The summed E-state index contributed by atoms with van der Waals surface area (Å²) in [5.41, 5.74) is 0.876. The predicted molar refractivity (Wildman–Crippen MR) is 66.1 cm³/mol. The van der Waals surface area contributed by atoms with Crippen molar-refractivity contribution in [1.82, 2.24) is 4.90 Å². The van der Waals surface area contributed by atoms with E-state index in [4.69, 9.17) is 0 Å². The van der Waals surface area contributed by atoms with E-state index in [0.717, 1.165) is 12.1 Å². The molecular formula is C12H17F2NOSi. The quantitative estimate of drug-likeness (QED) is 0.599. The highest BCUT2D eigenvalue weighted by Crippen LogP contribution is 2.22. The van der Waals surface area contributed by atoms with Crippen LogP contribution in [-0.4, -0.2) is 25.7 Å². The van der Waals surface area contributed by atoms with Gasteiger partial charge in [-0.1, -0.05) is 30.3 Å². The van der Waals surface area contributed by atoms with Crippen LogP contribution >= 0.6 is 0 Å². The van der Waals surface area contributed by atoms with Crippen LogP contribution in [-0.2, 0) is 4.79 Å². The molecule has 0 bridgehead atoms. The lowest BCUT2D eigenvalue weighted by Crippen LogP contribution is -2.42. The Bertz CT molecular complexity index is 378. The maximum Gasteiger partial charge on any atom is 0.440 e. The third kappa shape index (κ3) is 4.26. The van der Waals surface area contributed by atoms with E-state index in [1.54, 1.807) is 6.92 Å². The molecule has 1 rings (SSSR count). The zero-order valence-corrected chi connectivity index (χ0v) is 11.3. The Morgan fingerprint density at radius 2 is 1.88 bits per heavy atom. The standard InChI is InChI=1S/C12H17F2NOSi/c1-10(12-7-5-4-6-8-12)15(11(2)16)9-17(3,13)14/h4-8,10H,9H2,1-3H3/t10-/m1/s1. The Morgan fingerprint density at radius 1 is 1.35 bits per heavy atom. The smallest absolute Gasteiger partial charge is 0.334 e. The van der Waals surface area contributed by atoms with Gasteiger partial charge in [-0.15, -0.1) is 0 Å². The fraction of sp³-hybridized carbons (Fsp3) is 0.417. The molecule has 0 aliphatic rings. The molecule has 0 N–H and O–H groups in total. The third-order valence-corrected chi connectivity index (χ3v) is 3.50. The van der Waals surface area contributed by atoms with Gasteiger partial charge in [0, 0.05) is 6.92 Å². The molecule has 0 saturated heterocycles. The Kier molecular flexibility index (Phi) is 4.39. The number of halogens is 2. The maximum atomic E-state index is 13.2. The van der Waals surface area contributed by atoms with E-state index in [2.05, 4.69) is 0 Å². The lowest BCUT2D eigenvalue weighted by molar-refractivity contribution is -0.130. The Morgan fingerprint density at radius 3 is 2.29 bits per heavy atom. The molecule has 1 amide bonds. The van der Waals surface area contributed by atoms with Crippen LogP contribution < -0.4 is 0 Å². The second-order valence-corrected chi connectivity index (χ2v) is 6.76. The molecule has 0 saturated carbocycles. The van der Waals surface area contributed by atoms with Crippen molar-refractivity contribution in [2.45, 2.75) is 26.4 Å². The number of hydrogen-bond donors (Lipinski definition) is 0. The molecule has 1 aromatic carbocycles. The summed E-state index contributed by atoms with van der Waals surface area (Å²) in [5.74, 6) is -0.310. The van der Waals surface area contributed by atoms with E-state index in [0.29, 0.717) is 0 Å². The Balaban J connectivity index is 2.89. The summed E-state index contributed by atoms with van der Waals surface area (Å²) < 4.78 is 26.3. The first-order valence-corrected chi connectivity index (χ1v) is 7.97. The molecule has 94 valence electrons. The number of carbonyl (C=O) groups excluding carboxylic acids is 1. The van der Waals surface area contributed by atoms with Crippen LogP contribution in [0.25, 0.3) is 0 Å². The van der Waals surface area contributed by atoms with Crippen LogP contribution in [0.2, 0.25) is 6.55 Å². The molecule has 0 heterocycles. The second kappa shape index (κ2) is 5.40. The Labute approximate surface area is 102 Å². The van der Waals surface area contributed by atoms with Crippen molar-refractivity contribution < 1.29 is 13.0 Å². The van der Waals surface area contributed by atoms with Gasteiger partial charge in [-0.3, -0.25) is 13.0 Å². The minimum atomic E-state index is -4.27. The average molecular weight is 257 g/mol. The van der Waals surface area contributed by atoms with Crippen LogP contribution in [0.3, 0.4) is 0 Å². The van der Waals surface area contributed by atoms with Crippen LogP contribution in [0.5, 0.6) is 0 Å². The summed E-state index contributed by atoms with van der Waals surface area (Å²) in [6.07, 6.45) is -0.418. The van der Waals surface area contributed by atoms with Crippen LogP contribution in [0, 0.1) is 0 Å². The molecule has 0 aliphatic carbocycles. The molecule has 0 radical (unpaired) electrons. The SMILES string of the molecule is CC(=O)N(C[Si](C)(F)F)[C@H](C)c1ccccc1. The van der Waals surface area contributed by atoms with Gasteiger partial charge in [-0.25, -0.2) is 0 Å². The van der Waals surface area contributed by atoms with Crippen molar-refractivity contribution in [1.29, 1.82) is 0 Å². The molecule has 2 nitrogen and oxygen atoms in total. The van der Waals surface area contributed by atoms with E-state index < -0.39 is 14.9 Å². The lowest BCUT2D eigenvalue weighted by Gasteiger charge is -2.29. The first kappa shape index (κ1) is 13.8. The lowest BCUT2D eigenvalue weighted by atomic mass is 10.1. The molecule has 1 aromatic rings. The molecule has 1 atom stereocenters. The van der Waals surface area contributed by atoms with Gasteiger partial charge in [-0.05, 0) is 19.0 Å². The van der Waals surface area contributed by atoms with Crippen LogP contribution in [0.15, 0.2) is 30.3 Å². The van der Waals surface area contributed by atoms with Gasteiger partial charge < -0.3 is 4.90 Å². The summed E-state index contributed by atoms with van der Waals surface area (Å²) in [5, 5.41) is 0. The number of benzene rings is 1. The monoisotopic (exact) mass is 257 g/mol. The fourth-order valence-electron chi connectivity index (χ4n) is 1.73. The summed E-state index contributed by atoms with van der Waals surface area (Å²) in [6, 6.07) is 8.91. The van der Waals surface area contributed by atoms with Crippen molar-refractivity contribution in [2.24, 2.45) is 0 Å². The number of carbonyl (C=O) groups is 1. The van der Waals surface area contributed by atoms with Crippen molar-refractivity contribution in [2.75, 3.05) is 6.17 Å². The van der Waals surface area contributed by atoms with Crippen molar-refractivity contribution >= 4 is 14.6 Å². The van der Waals surface area contributed by atoms with Gasteiger partial charge in [0.1, 0.15) is 0 Å². The minimum Gasteiger partial charge on any atom is -0.334 e. The number of amides is 1. The normalized spacial score (nSPS) is 13.2. The summed E-state index contributed by atoms with van der Waals surface area (Å²) in [7, 11) is -4.27. The Hall–Kier alpha value is -1.23. The second-order valence-electron chi connectivity index (χ2n) is 4.30. The van der Waals surface area contributed by atoms with Crippen molar-refractivity contribution in [3.63, 3.8) is 0 Å². The van der Waals surface area contributed by atoms with E-state index in [-0.39, 0.29) is 11.9 Å². The number of nitrogens with zero attached hydrogens (tertiary/aromatic N) is 1. The largest absolute Gasteiger partial charge is 0.440 e. The van der Waals surface area contributed by atoms with E-state index in [9.17, 15) is 13.0 Å². The molecule has 0 fully saturated rings. The summed E-state index contributed by atoms with van der Waals surface area (Å²) in [6.45, 7) is 4.07. The van der Waals surface area contributed by atoms with Gasteiger partial charge in [-0.2, -0.15) is 0 Å². The molecular weight excluding hydrogens is 240 g/mol. The summed E-state index contributed by atoms with van der Waals surface area (Å²) in [4.78, 5) is 12.7. The van der Waals surface area contributed by atoms with Gasteiger partial charge in [0.15, 0.2) is 0 Å². The van der Waals surface area contributed by atoms with E-state index >= 15 is 0 Å². The zero-order valence-electron chi connectivity index (χ0n) is 10.3. The number of rotatable bonds is 4. The highest BCUT2D eigenvalue weighted by atomic mass is 28.4. The third-order valence-electron chi connectivity index (χ3n) is 2.60. The fourth-order valence-corrected chi connectivity index (χ4v) is 2.83. The maximum absolute atomic E-state index is 13.2. The molecule has 5 heteroatoms. The van der Waals surface area contributed by atoms with Crippen molar-refractivity contribution in [3.05, 3.63) is 35.9 Å². The van der Waals surface area contributed by atoms with Crippen molar-refractivity contribution in [3.8, 4) is 0 Å². The minimum absolute atomic E-state index is 0.310. The van der Waals surface area contributed by atoms with E-state index in [1.165, 1.54) is 11.8 Å². The molecule has 0 spiro atoms.